The number of nitrogens with zero attached hydrogens (tertiary/aromatic N) is 2. The first-order chi connectivity index (χ1) is 13.5. The number of amides is 1. The molecule has 0 unspecified atom stereocenters. The zero-order valence-corrected chi connectivity index (χ0v) is 15.3. The molecule has 0 atom stereocenters. The Labute approximate surface area is 161 Å². The number of aromatic nitrogens is 1. The molecule has 6 nitrogen and oxygen atoms in total. The van der Waals surface area contributed by atoms with Crippen molar-refractivity contribution in [3.05, 3.63) is 59.3 Å². The Morgan fingerprint density at radius 3 is 2.64 bits per heavy atom. The molecule has 1 aliphatic rings. The van der Waals surface area contributed by atoms with Gasteiger partial charge in [0, 0.05) is 44.7 Å². The molecule has 28 heavy (non-hydrogen) atoms. The number of rotatable bonds is 7. The van der Waals surface area contributed by atoms with Crippen LogP contribution >= 0.6 is 0 Å². The Bertz CT molecular complexity index is 854. The zero-order valence-electron chi connectivity index (χ0n) is 15.3. The number of nitrogens with one attached hydrogen (secondary N) is 1. The summed E-state index contributed by atoms with van der Waals surface area (Å²) >= 11 is 0. The molecule has 0 spiro atoms. The number of carbonyl (C=O) groups is 2. The fraction of sp³-hybridized carbons (Fsp3) is 0.350. The topological polar surface area (TPSA) is 71.5 Å². The van der Waals surface area contributed by atoms with Gasteiger partial charge in [-0.25, -0.2) is 13.8 Å². The van der Waals surface area contributed by atoms with Gasteiger partial charge in [0.2, 0.25) is 5.91 Å². The summed E-state index contributed by atoms with van der Waals surface area (Å²) in [5.41, 5.74) is 0.680. The van der Waals surface area contributed by atoms with E-state index in [4.69, 9.17) is 4.74 Å². The number of ether oxygens (including phenoxy) is 1. The Balaban J connectivity index is 1.48. The second-order valence-corrected chi connectivity index (χ2v) is 6.45. The van der Waals surface area contributed by atoms with Gasteiger partial charge in [-0.2, -0.15) is 0 Å². The van der Waals surface area contributed by atoms with Crippen LogP contribution < -0.4 is 10.2 Å². The van der Waals surface area contributed by atoms with Crippen LogP contribution in [0.4, 0.5) is 14.6 Å². The van der Waals surface area contributed by atoms with Gasteiger partial charge in [-0.05, 0) is 29.8 Å². The lowest BCUT2D eigenvalue weighted by molar-refractivity contribution is -0.121. The quantitative estimate of drug-likeness (QED) is 0.737. The van der Waals surface area contributed by atoms with Gasteiger partial charge in [-0.1, -0.05) is 0 Å². The van der Waals surface area contributed by atoms with E-state index < -0.39 is 17.4 Å². The van der Waals surface area contributed by atoms with Gasteiger partial charge in [-0.3, -0.25) is 9.59 Å². The predicted octanol–water partition coefficient (Wildman–Crippen LogP) is 2.48. The molecule has 1 aliphatic heterocycles. The van der Waals surface area contributed by atoms with E-state index in [1.807, 2.05) is 12.1 Å². The number of benzene rings is 1. The van der Waals surface area contributed by atoms with Gasteiger partial charge in [0.05, 0.1) is 18.8 Å². The third kappa shape index (κ3) is 5.32. The Morgan fingerprint density at radius 2 is 1.89 bits per heavy atom. The molecule has 2 aromatic rings. The number of Topliss-reactive ketones (excluding diaryl/α,β-unsaturated/α-hetero) is 1. The highest BCUT2D eigenvalue weighted by Crippen LogP contribution is 2.15. The number of halogens is 2. The van der Waals surface area contributed by atoms with Gasteiger partial charge < -0.3 is 15.0 Å². The van der Waals surface area contributed by atoms with Crippen LogP contribution in [0.5, 0.6) is 0 Å². The van der Waals surface area contributed by atoms with Gasteiger partial charge in [-0.15, -0.1) is 0 Å². The van der Waals surface area contributed by atoms with Crippen molar-refractivity contribution in [2.45, 2.75) is 19.4 Å². The van der Waals surface area contributed by atoms with Crippen LogP contribution in [0.15, 0.2) is 36.5 Å². The molecular formula is C20H21F2N3O3. The maximum atomic E-state index is 13.6. The summed E-state index contributed by atoms with van der Waals surface area (Å²) in [7, 11) is 0. The highest BCUT2D eigenvalue weighted by molar-refractivity contribution is 5.98. The Hall–Kier alpha value is -2.87. The Morgan fingerprint density at radius 1 is 1.11 bits per heavy atom. The van der Waals surface area contributed by atoms with Crippen molar-refractivity contribution in [3.63, 3.8) is 0 Å². The number of hydrogen-bond donors (Lipinski definition) is 1. The summed E-state index contributed by atoms with van der Waals surface area (Å²) in [5.74, 6) is -1.69. The predicted molar refractivity (Wildman–Crippen MR) is 99.0 cm³/mol. The second kappa shape index (κ2) is 9.36. The van der Waals surface area contributed by atoms with E-state index in [9.17, 15) is 18.4 Å². The monoisotopic (exact) mass is 389 g/mol. The number of carbonyl (C=O) groups excluding carboxylic acids is 2. The first-order valence-electron chi connectivity index (χ1n) is 9.05. The molecule has 2 heterocycles. The maximum Gasteiger partial charge on any atom is 0.220 e. The van der Waals surface area contributed by atoms with Crippen molar-refractivity contribution in [3.8, 4) is 0 Å². The number of hydrogen-bond acceptors (Lipinski definition) is 5. The van der Waals surface area contributed by atoms with Crippen molar-refractivity contribution >= 4 is 17.5 Å². The highest BCUT2D eigenvalue weighted by Gasteiger charge is 2.15. The minimum Gasteiger partial charge on any atom is -0.378 e. The second-order valence-electron chi connectivity index (χ2n) is 6.45. The van der Waals surface area contributed by atoms with Gasteiger partial charge in [0.15, 0.2) is 5.78 Å². The van der Waals surface area contributed by atoms with E-state index in [1.54, 1.807) is 6.20 Å². The molecule has 148 valence electrons. The van der Waals surface area contributed by atoms with Crippen LogP contribution in [0.3, 0.4) is 0 Å². The molecule has 0 radical (unpaired) electrons. The third-order valence-electron chi connectivity index (χ3n) is 4.45. The van der Waals surface area contributed by atoms with Gasteiger partial charge in [0.1, 0.15) is 17.5 Å². The lowest BCUT2D eigenvalue weighted by Crippen LogP contribution is -2.36. The van der Waals surface area contributed by atoms with Crippen LogP contribution in [-0.4, -0.2) is 43.0 Å². The molecule has 0 bridgehead atoms. The van der Waals surface area contributed by atoms with Crippen LogP contribution in [0, 0.1) is 11.6 Å². The number of pyridine rings is 1. The molecular weight excluding hydrogens is 368 g/mol. The summed E-state index contributed by atoms with van der Waals surface area (Å²) in [6.45, 7) is 3.16. The molecule has 1 saturated heterocycles. The standard InChI is InChI=1S/C20H21F2N3O3/c21-15-1-2-16(17(22)12-15)18(26)3-4-20(27)24-13-14-5-6-23-19(11-14)25-7-9-28-10-8-25/h1-2,5-6,11-12H,3-4,7-10,13H2,(H,24,27). The largest absolute Gasteiger partial charge is 0.378 e. The van der Waals surface area contributed by atoms with Crippen molar-refractivity contribution in [1.29, 1.82) is 0 Å². The number of ketones is 1. The summed E-state index contributed by atoms with van der Waals surface area (Å²) in [5, 5.41) is 2.74. The first-order valence-corrected chi connectivity index (χ1v) is 9.05. The van der Waals surface area contributed by atoms with Gasteiger partial charge in [0.25, 0.3) is 0 Å². The SMILES string of the molecule is O=C(CCC(=O)c1ccc(F)cc1F)NCc1ccnc(N2CCOCC2)c1. The van der Waals surface area contributed by atoms with Crippen molar-refractivity contribution < 1.29 is 23.1 Å². The summed E-state index contributed by atoms with van der Waals surface area (Å²) in [4.78, 5) is 30.5. The third-order valence-corrected chi connectivity index (χ3v) is 4.45. The van der Waals surface area contributed by atoms with Crippen molar-refractivity contribution in [2.24, 2.45) is 0 Å². The van der Waals surface area contributed by atoms with E-state index in [2.05, 4.69) is 15.2 Å². The molecule has 8 heteroatoms. The molecule has 1 fully saturated rings. The van der Waals surface area contributed by atoms with E-state index in [0.29, 0.717) is 25.8 Å². The summed E-state index contributed by atoms with van der Waals surface area (Å²) in [6, 6.07) is 6.48. The van der Waals surface area contributed by atoms with Crippen LogP contribution in [0.25, 0.3) is 0 Å². The molecule has 1 N–H and O–H groups in total. The van der Waals surface area contributed by atoms with E-state index in [1.165, 1.54) is 0 Å². The molecule has 1 amide bonds. The average Bonchev–Trinajstić information content (AvgIpc) is 2.71. The van der Waals surface area contributed by atoms with E-state index >= 15 is 0 Å². The first kappa shape index (κ1) is 19.9. The molecule has 3 rings (SSSR count). The average molecular weight is 389 g/mol. The lowest BCUT2D eigenvalue weighted by Gasteiger charge is -2.28. The van der Waals surface area contributed by atoms with Crippen molar-refractivity contribution in [1.82, 2.24) is 10.3 Å². The molecule has 1 aromatic carbocycles. The number of morpholine rings is 1. The van der Waals surface area contributed by atoms with E-state index in [-0.39, 0.29) is 24.3 Å². The Kier molecular flexibility index (Phi) is 6.65. The van der Waals surface area contributed by atoms with Gasteiger partial charge >= 0.3 is 0 Å². The normalized spacial score (nSPS) is 14.0. The molecule has 1 aromatic heterocycles. The van der Waals surface area contributed by atoms with Crippen molar-refractivity contribution in [2.75, 3.05) is 31.2 Å². The molecule has 0 saturated carbocycles. The smallest absolute Gasteiger partial charge is 0.220 e. The van der Waals surface area contributed by atoms with Crippen LogP contribution in [0.1, 0.15) is 28.8 Å². The fourth-order valence-electron chi connectivity index (χ4n) is 2.90. The minimum absolute atomic E-state index is 0.0724. The summed E-state index contributed by atoms with van der Waals surface area (Å²) in [6.07, 6.45) is 1.47. The highest BCUT2D eigenvalue weighted by atomic mass is 19.1. The minimum atomic E-state index is -0.919. The number of anilines is 1. The molecule has 0 aliphatic carbocycles. The summed E-state index contributed by atoms with van der Waals surface area (Å²) < 4.78 is 31.8. The van der Waals surface area contributed by atoms with E-state index in [0.717, 1.165) is 36.6 Å². The fourth-order valence-corrected chi connectivity index (χ4v) is 2.90. The zero-order chi connectivity index (χ0) is 19.9. The lowest BCUT2D eigenvalue weighted by atomic mass is 10.1. The maximum absolute atomic E-state index is 13.6. The van der Waals surface area contributed by atoms with Crippen LogP contribution in [-0.2, 0) is 16.1 Å². The van der Waals surface area contributed by atoms with Crippen LogP contribution in [0.2, 0.25) is 0 Å².